The molecule has 2 aliphatic carbocycles. The van der Waals surface area contributed by atoms with Crippen molar-refractivity contribution in [3.63, 3.8) is 0 Å². The molecule has 2 aliphatic rings. The molecule has 8 nitrogen and oxygen atoms in total. The topological polar surface area (TPSA) is 105 Å². The molecule has 0 radical (unpaired) electrons. The second-order valence-corrected chi connectivity index (χ2v) is 14.2. The monoisotopic (exact) mass is 738 g/mol. The van der Waals surface area contributed by atoms with Gasteiger partial charge in [-0.2, -0.15) is 4.58 Å². The molecule has 0 saturated heterocycles. The lowest BCUT2D eigenvalue weighted by Crippen LogP contribution is -2.35. The molecular formula is C48H42N4O4. The summed E-state index contributed by atoms with van der Waals surface area (Å²) in [5, 5.41) is 20.3. The van der Waals surface area contributed by atoms with Crippen LogP contribution >= 0.6 is 0 Å². The van der Waals surface area contributed by atoms with E-state index in [1.807, 2.05) is 143 Å². The third-order valence-corrected chi connectivity index (χ3v) is 9.59. The number of allylic oxidation sites excluding steroid dienone is 5. The normalized spacial score (nSPS) is 15.1. The van der Waals surface area contributed by atoms with Crippen LogP contribution in [0.3, 0.4) is 0 Å². The largest absolute Gasteiger partial charge is 0.871 e. The zero-order valence-electron chi connectivity index (χ0n) is 31.7. The van der Waals surface area contributed by atoms with Crippen LogP contribution in [0.1, 0.15) is 33.3 Å². The Bertz CT molecular complexity index is 2380. The van der Waals surface area contributed by atoms with Gasteiger partial charge in [0.05, 0.1) is 11.4 Å². The molecule has 0 atom stereocenters. The number of amides is 2. The van der Waals surface area contributed by atoms with Gasteiger partial charge in [-0.1, -0.05) is 112 Å². The maximum Gasteiger partial charge on any atom is 0.226 e. The zero-order valence-corrected chi connectivity index (χ0v) is 31.7. The minimum absolute atomic E-state index is 0.0306. The SMILES string of the molecule is CC(C)C(=O)NC1=CC(=[N+](c2ccccc2)c2ccccc2)C=CC1=C1C(=O)C(c2ccc(N(c3ccccc3)c3ccccc3)cc2NC(=O)C(C)C)=C1[O-]. The Labute approximate surface area is 327 Å². The molecule has 0 spiro atoms. The number of anilines is 4. The van der Waals surface area contributed by atoms with Crippen molar-refractivity contribution in [2.75, 3.05) is 10.2 Å². The van der Waals surface area contributed by atoms with Gasteiger partial charge in [0.25, 0.3) is 0 Å². The number of nitrogens with one attached hydrogen (secondary N) is 2. The Morgan fingerprint density at radius 1 is 0.607 bits per heavy atom. The van der Waals surface area contributed by atoms with E-state index < -0.39 is 11.5 Å². The average Bonchev–Trinajstić information content (AvgIpc) is 3.21. The predicted octanol–water partition coefficient (Wildman–Crippen LogP) is 8.90. The summed E-state index contributed by atoms with van der Waals surface area (Å²) in [6.07, 6.45) is 5.36. The molecule has 5 aromatic rings. The fourth-order valence-corrected chi connectivity index (χ4v) is 6.63. The number of para-hydroxylation sites is 4. The van der Waals surface area contributed by atoms with E-state index >= 15 is 0 Å². The second kappa shape index (κ2) is 16.1. The molecule has 0 aliphatic heterocycles. The first-order chi connectivity index (χ1) is 27.1. The number of carbonyl (C=O) groups is 3. The van der Waals surface area contributed by atoms with Gasteiger partial charge in [0.1, 0.15) is 0 Å². The van der Waals surface area contributed by atoms with E-state index in [9.17, 15) is 19.5 Å². The summed E-state index contributed by atoms with van der Waals surface area (Å²) in [6.45, 7) is 7.13. The Morgan fingerprint density at radius 3 is 1.61 bits per heavy atom. The zero-order chi connectivity index (χ0) is 39.3. The molecule has 56 heavy (non-hydrogen) atoms. The molecule has 0 aromatic heterocycles. The highest BCUT2D eigenvalue weighted by molar-refractivity contribution is 6.40. The highest BCUT2D eigenvalue weighted by Crippen LogP contribution is 2.44. The number of benzene rings is 5. The number of hydrogen-bond acceptors (Lipinski definition) is 5. The van der Waals surface area contributed by atoms with Crippen LogP contribution in [-0.2, 0) is 14.4 Å². The fraction of sp³-hybridized carbons (Fsp3) is 0.125. The molecule has 2 amide bonds. The number of ketones is 1. The Kier molecular flexibility index (Phi) is 10.7. The lowest BCUT2D eigenvalue weighted by Gasteiger charge is -2.35. The fourth-order valence-electron chi connectivity index (χ4n) is 6.63. The van der Waals surface area contributed by atoms with Crippen molar-refractivity contribution in [3.8, 4) is 0 Å². The van der Waals surface area contributed by atoms with Crippen LogP contribution in [0.15, 0.2) is 180 Å². The molecule has 2 N–H and O–H groups in total. The van der Waals surface area contributed by atoms with Crippen LogP contribution in [0.5, 0.6) is 0 Å². The average molecular weight is 739 g/mol. The van der Waals surface area contributed by atoms with Crippen LogP contribution in [0, 0.1) is 11.8 Å². The van der Waals surface area contributed by atoms with E-state index in [2.05, 4.69) is 10.6 Å². The Hall–Kier alpha value is -7.06. The first-order valence-electron chi connectivity index (χ1n) is 18.7. The van der Waals surface area contributed by atoms with Crippen molar-refractivity contribution in [1.82, 2.24) is 9.89 Å². The molecule has 0 saturated carbocycles. The van der Waals surface area contributed by atoms with Gasteiger partial charge in [0, 0.05) is 87.6 Å². The molecule has 278 valence electrons. The first-order valence-corrected chi connectivity index (χ1v) is 18.7. The molecule has 7 rings (SSSR count). The van der Waals surface area contributed by atoms with Gasteiger partial charge in [-0.05, 0) is 42.5 Å². The number of rotatable bonds is 10. The van der Waals surface area contributed by atoms with Gasteiger partial charge in [-0.15, -0.1) is 0 Å². The molecule has 0 unspecified atom stereocenters. The van der Waals surface area contributed by atoms with Crippen LogP contribution in [-0.4, -0.2) is 23.3 Å². The van der Waals surface area contributed by atoms with Crippen molar-refractivity contribution in [2.45, 2.75) is 27.7 Å². The van der Waals surface area contributed by atoms with Crippen molar-refractivity contribution < 1.29 is 19.5 Å². The van der Waals surface area contributed by atoms with Crippen LogP contribution < -0.4 is 25.2 Å². The number of carbonyl (C=O) groups excluding carboxylic acids is 3. The molecular weight excluding hydrogens is 697 g/mol. The van der Waals surface area contributed by atoms with Crippen molar-refractivity contribution in [2.24, 2.45) is 11.8 Å². The number of nitrogens with zero attached hydrogens (tertiary/aromatic N) is 2. The third-order valence-electron chi connectivity index (χ3n) is 9.59. The summed E-state index contributed by atoms with van der Waals surface area (Å²) in [4.78, 5) is 42.8. The number of hydrogen-bond donors (Lipinski definition) is 2. The molecule has 0 bridgehead atoms. The van der Waals surface area contributed by atoms with Crippen LogP contribution in [0.4, 0.5) is 34.1 Å². The third kappa shape index (κ3) is 7.50. The minimum Gasteiger partial charge on any atom is -0.871 e. The highest BCUT2D eigenvalue weighted by Gasteiger charge is 2.35. The summed E-state index contributed by atoms with van der Waals surface area (Å²) in [6, 6.07) is 44.6. The predicted molar refractivity (Wildman–Crippen MR) is 223 cm³/mol. The van der Waals surface area contributed by atoms with Crippen LogP contribution in [0.25, 0.3) is 5.57 Å². The van der Waals surface area contributed by atoms with Gasteiger partial charge in [0.2, 0.25) is 28.9 Å². The van der Waals surface area contributed by atoms with E-state index in [0.717, 1.165) is 34.1 Å². The second-order valence-electron chi connectivity index (χ2n) is 14.2. The maximum absolute atomic E-state index is 14.3. The van der Waals surface area contributed by atoms with Crippen LogP contribution in [0.2, 0.25) is 0 Å². The molecule has 0 heterocycles. The van der Waals surface area contributed by atoms with Crippen molar-refractivity contribution in [1.29, 1.82) is 0 Å². The summed E-state index contributed by atoms with van der Waals surface area (Å²) in [7, 11) is 0. The minimum atomic E-state index is -0.471. The summed E-state index contributed by atoms with van der Waals surface area (Å²) in [5.41, 5.74) is 6.31. The number of Topliss-reactive ketones (excluding diaryl/α,β-unsaturated/α-hetero) is 1. The Morgan fingerprint density at radius 2 is 1.11 bits per heavy atom. The smallest absolute Gasteiger partial charge is 0.226 e. The van der Waals surface area contributed by atoms with Gasteiger partial charge >= 0.3 is 0 Å². The van der Waals surface area contributed by atoms with Crippen molar-refractivity contribution >= 4 is 63.0 Å². The lowest BCUT2D eigenvalue weighted by molar-refractivity contribution is -0.297. The quantitative estimate of drug-likeness (QED) is 0.110. The van der Waals surface area contributed by atoms with Gasteiger partial charge < -0.3 is 20.6 Å². The van der Waals surface area contributed by atoms with Gasteiger partial charge in [-0.3, -0.25) is 14.4 Å². The first kappa shape index (κ1) is 37.3. The van der Waals surface area contributed by atoms with E-state index in [-0.39, 0.29) is 34.8 Å². The van der Waals surface area contributed by atoms with E-state index in [0.29, 0.717) is 22.5 Å². The van der Waals surface area contributed by atoms with Crippen molar-refractivity contribution in [3.05, 3.63) is 186 Å². The summed E-state index contributed by atoms with van der Waals surface area (Å²) in [5.74, 6) is -2.17. The standard InChI is InChI=1S/C48H42N4O4/c1-31(2)47(55)49-41-29-37(51(33-17-9-5-10-18-33)34-19-11-6-12-20-34)25-27-39(41)43-45(53)44(46(43)54)40-28-26-38(30-42(40)50-48(56)32(3)4)52(35-21-13-7-14-22-35)36-23-15-8-16-24-36/h5-32H,1-4H3,(H2,49,50,53,54,55,56). The van der Waals surface area contributed by atoms with Gasteiger partial charge in [0.15, 0.2) is 5.78 Å². The molecule has 5 aromatic carbocycles. The summed E-state index contributed by atoms with van der Waals surface area (Å²) < 4.78 is 2.04. The molecule has 0 fully saturated rings. The van der Waals surface area contributed by atoms with Gasteiger partial charge in [-0.25, -0.2) is 0 Å². The van der Waals surface area contributed by atoms with E-state index in [1.54, 1.807) is 52.0 Å². The highest BCUT2D eigenvalue weighted by atomic mass is 16.3. The Balaban J connectivity index is 1.37. The van der Waals surface area contributed by atoms with E-state index in [1.165, 1.54) is 0 Å². The maximum atomic E-state index is 14.3. The lowest BCUT2D eigenvalue weighted by atomic mass is 9.78. The van der Waals surface area contributed by atoms with E-state index in [4.69, 9.17) is 0 Å². The molecule has 8 heteroatoms. The summed E-state index contributed by atoms with van der Waals surface area (Å²) >= 11 is 0.